The Balaban J connectivity index is 1.57. The Bertz CT molecular complexity index is 1260. The zero-order valence-electron chi connectivity index (χ0n) is 15.5. The lowest BCUT2D eigenvalue weighted by molar-refractivity contribution is 0.103. The number of hydrogen-bond donors (Lipinski definition) is 2. The highest BCUT2D eigenvalue weighted by Gasteiger charge is 2.16. The molecule has 0 atom stereocenters. The van der Waals surface area contributed by atoms with Gasteiger partial charge in [-0.1, -0.05) is 42.5 Å². The number of aryl methyl sites for hydroxylation is 1. The number of benzene rings is 3. The lowest BCUT2D eigenvalue weighted by atomic mass is 10.2. The monoisotopic (exact) mass is 422 g/mol. The molecule has 0 aliphatic rings. The Morgan fingerprint density at radius 3 is 2.38 bits per heavy atom. The van der Waals surface area contributed by atoms with Crippen LogP contribution in [0.25, 0.3) is 10.1 Å². The van der Waals surface area contributed by atoms with Crippen LogP contribution in [-0.4, -0.2) is 14.3 Å². The second-order valence-electron chi connectivity index (χ2n) is 6.55. The summed E-state index contributed by atoms with van der Waals surface area (Å²) < 4.78 is 28.9. The maximum Gasteiger partial charge on any atom is 0.265 e. The van der Waals surface area contributed by atoms with Gasteiger partial charge in [-0.2, -0.15) is 0 Å². The summed E-state index contributed by atoms with van der Waals surface area (Å²) in [5.74, 6) is -0.230. The average molecular weight is 423 g/mol. The summed E-state index contributed by atoms with van der Waals surface area (Å²) >= 11 is 1.42. The van der Waals surface area contributed by atoms with Gasteiger partial charge in [-0.25, -0.2) is 8.42 Å². The lowest BCUT2D eigenvalue weighted by Crippen LogP contribution is -2.15. The second-order valence-corrected chi connectivity index (χ2v) is 9.32. The number of anilines is 2. The van der Waals surface area contributed by atoms with E-state index in [1.54, 1.807) is 43.3 Å². The van der Waals surface area contributed by atoms with Crippen molar-refractivity contribution in [3.63, 3.8) is 0 Å². The molecule has 4 rings (SSSR count). The van der Waals surface area contributed by atoms with Gasteiger partial charge in [0.2, 0.25) is 0 Å². The fourth-order valence-electron chi connectivity index (χ4n) is 2.90. The van der Waals surface area contributed by atoms with Crippen LogP contribution in [0.15, 0.2) is 83.8 Å². The topological polar surface area (TPSA) is 75.3 Å². The van der Waals surface area contributed by atoms with Crippen molar-refractivity contribution in [1.29, 1.82) is 0 Å². The Kier molecular flexibility index (Phi) is 5.08. The van der Waals surface area contributed by atoms with Gasteiger partial charge in [-0.3, -0.25) is 9.52 Å². The van der Waals surface area contributed by atoms with Crippen LogP contribution >= 0.6 is 11.3 Å². The third-order valence-electron chi connectivity index (χ3n) is 4.44. The van der Waals surface area contributed by atoms with Crippen LogP contribution in [0.4, 0.5) is 11.4 Å². The first-order chi connectivity index (χ1) is 13.9. The van der Waals surface area contributed by atoms with E-state index in [1.165, 1.54) is 23.5 Å². The first kappa shape index (κ1) is 19.2. The maximum absolute atomic E-state index is 12.6. The fourth-order valence-corrected chi connectivity index (χ4v) is 5.00. The number of amides is 1. The first-order valence-corrected chi connectivity index (χ1v) is 11.2. The highest BCUT2D eigenvalue weighted by atomic mass is 32.2. The Labute approximate surface area is 173 Å². The normalized spacial score (nSPS) is 11.3. The first-order valence-electron chi connectivity index (χ1n) is 8.91. The summed E-state index contributed by atoms with van der Waals surface area (Å²) in [7, 11) is -3.71. The van der Waals surface area contributed by atoms with Gasteiger partial charge in [0.15, 0.2) is 0 Å². The molecule has 0 aliphatic carbocycles. The minimum atomic E-state index is -3.71. The van der Waals surface area contributed by atoms with Crippen molar-refractivity contribution < 1.29 is 13.2 Å². The molecule has 0 saturated heterocycles. The van der Waals surface area contributed by atoms with Crippen molar-refractivity contribution in [1.82, 2.24) is 0 Å². The van der Waals surface area contributed by atoms with E-state index in [4.69, 9.17) is 0 Å². The van der Waals surface area contributed by atoms with Gasteiger partial charge in [0, 0.05) is 10.4 Å². The zero-order valence-corrected chi connectivity index (χ0v) is 17.2. The predicted octanol–water partition coefficient (Wildman–Crippen LogP) is 5.26. The number of fused-ring (bicyclic) bond motifs is 1. The smallest absolute Gasteiger partial charge is 0.265 e. The Morgan fingerprint density at radius 1 is 0.897 bits per heavy atom. The molecule has 0 spiro atoms. The quantitative estimate of drug-likeness (QED) is 0.460. The van der Waals surface area contributed by atoms with Crippen LogP contribution in [0.1, 0.15) is 15.2 Å². The SMILES string of the molecule is Cc1ccc(NC(=O)c2cc3ccccc3s2)cc1NS(=O)(=O)c1ccccc1. The van der Waals surface area contributed by atoms with Crippen molar-refractivity contribution in [3.05, 3.63) is 89.3 Å². The molecule has 5 nitrogen and oxygen atoms in total. The fraction of sp³-hybridized carbons (Fsp3) is 0.0455. The molecule has 3 aromatic carbocycles. The van der Waals surface area contributed by atoms with Crippen LogP contribution in [0.3, 0.4) is 0 Å². The molecule has 0 aliphatic heterocycles. The molecule has 4 aromatic rings. The van der Waals surface area contributed by atoms with E-state index in [2.05, 4.69) is 10.0 Å². The molecular formula is C22H18N2O3S2. The summed E-state index contributed by atoms with van der Waals surface area (Å²) in [6, 6.07) is 23.0. The van der Waals surface area contributed by atoms with Crippen LogP contribution in [0.5, 0.6) is 0 Å². The second kappa shape index (κ2) is 7.69. The molecular weight excluding hydrogens is 404 g/mol. The molecule has 1 amide bonds. The highest BCUT2D eigenvalue weighted by Crippen LogP contribution is 2.27. The molecule has 0 unspecified atom stereocenters. The molecule has 1 aromatic heterocycles. The summed E-state index contributed by atoms with van der Waals surface area (Å²) in [6.45, 7) is 1.81. The lowest BCUT2D eigenvalue weighted by Gasteiger charge is -2.13. The largest absolute Gasteiger partial charge is 0.321 e. The molecule has 0 saturated carbocycles. The molecule has 0 fully saturated rings. The van der Waals surface area contributed by atoms with E-state index in [1.807, 2.05) is 30.3 Å². The van der Waals surface area contributed by atoms with Crippen molar-refractivity contribution in [2.45, 2.75) is 11.8 Å². The zero-order chi connectivity index (χ0) is 20.4. The van der Waals surface area contributed by atoms with Crippen LogP contribution < -0.4 is 10.0 Å². The standard InChI is InChI=1S/C22H18N2O3S2/c1-15-11-12-17(14-19(15)24-29(26,27)18-8-3-2-4-9-18)23-22(25)21-13-16-7-5-6-10-20(16)28-21/h2-14,24H,1H3,(H,23,25). The Morgan fingerprint density at radius 2 is 1.62 bits per heavy atom. The Hall–Kier alpha value is -3.16. The van der Waals surface area contributed by atoms with E-state index in [-0.39, 0.29) is 10.8 Å². The van der Waals surface area contributed by atoms with Crippen LogP contribution in [0.2, 0.25) is 0 Å². The van der Waals surface area contributed by atoms with Gasteiger partial charge >= 0.3 is 0 Å². The minimum absolute atomic E-state index is 0.180. The highest BCUT2D eigenvalue weighted by molar-refractivity contribution is 7.92. The molecule has 7 heteroatoms. The molecule has 2 N–H and O–H groups in total. The number of hydrogen-bond acceptors (Lipinski definition) is 4. The maximum atomic E-state index is 12.6. The summed E-state index contributed by atoms with van der Waals surface area (Å²) in [5, 5.41) is 3.87. The van der Waals surface area contributed by atoms with Gasteiger partial charge in [0.1, 0.15) is 0 Å². The van der Waals surface area contributed by atoms with E-state index < -0.39 is 10.0 Å². The van der Waals surface area contributed by atoms with Gasteiger partial charge in [0.05, 0.1) is 15.5 Å². The number of sulfonamides is 1. The molecule has 29 heavy (non-hydrogen) atoms. The third kappa shape index (κ3) is 4.16. The number of thiophene rings is 1. The van der Waals surface area contributed by atoms with Crippen LogP contribution in [0, 0.1) is 6.92 Å². The van der Waals surface area contributed by atoms with Gasteiger partial charge in [-0.15, -0.1) is 11.3 Å². The molecule has 0 bridgehead atoms. The van der Waals surface area contributed by atoms with Crippen molar-refractivity contribution in [2.24, 2.45) is 0 Å². The van der Waals surface area contributed by atoms with E-state index in [0.29, 0.717) is 16.3 Å². The van der Waals surface area contributed by atoms with Gasteiger partial charge in [0.25, 0.3) is 15.9 Å². The summed E-state index contributed by atoms with van der Waals surface area (Å²) in [4.78, 5) is 13.4. The van der Waals surface area contributed by atoms with Gasteiger partial charge < -0.3 is 5.32 Å². The minimum Gasteiger partial charge on any atom is -0.321 e. The van der Waals surface area contributed by atoms with Crippen LogP contribution in [-0.2, 0) is 10.0 Å². The van der Waals surface area contributed by atoms with Crippen molar-refractivity contribution >= 4 is 48.7 Å². The summed E-state index contributed by atoms with van der Waals surface area (Å²) in [5.41, 5.74) is 1.69. The number of nitrogens with one attached hydrogen (secondary N) is 2. The molecule has 1 heterocycles. The number of carbonyl (C=O) groups is 1. The van der Waals surface area contributed by atoms with E-state index >= 15 is 0 Å². The van der Waals surface area contributed by atoms with Crippen molar-refractivity contribution in [2.75, 3.05) is 10.0 Å². The molecule has 146 valence electrons. The average Bonchev–Trinajstić information content (AvgIpc) is 3.15. The summed E-state index contributed by atoms with van der Waals surface area (Å²) in [6.07, 6.45) is 0. The molecule has 0 radical (unpaired) electrons. The number of carbonyl (C=O) groups excluding carboxylic acids is 1. The van der Waals surface area contributed by atoms with E-state index in [9.17, 15) is 13.2 Å². The predicted molar refractivity (Wildman–Crippen MR) is 118 cm³/mol. The number of rotatable bonds is 5. The van der Waals surface area contributed by atoms with E-state index in [0.717, 1.165) is 15.6 Å². The van der Waals surface area contributed by atoms with Gasteiger partial charge in [-0.05, 0) is 54.3 Å². The van der Waals surface area contributed by atoms with Crippen molar-refractivity contribution in [3.8, 4) is 0 Å². The third-order valence-corrected chi connectivity index (χ3v) is 6.94.